The van der Waals surface area contributed by atoms with Crippen LogP contribution >= 0.6 is 0 Å². The number of aromatic nitrogens is 1. The highest BCUT2D eigenvalue weighted by Crippen LogP contribution is 2.29. The lowest BCUT2D eigenvalue weighted by Gasteiger charge is -2.23. The summed E-state index contributed by atoms with van der Waals surface area (Å²) in [7, 11) is 0. The minimum Gasteiger partial charge on any atom is -0.383 e. The lowest BCUT2D eigenvalue weighted by Crippen LogP contribution is -2.23. The molecule has 2 aromatic rings. The van der Waals surface area contributed by atoms with Gasteiger partial charge < -0.3 is 15.8 Å². The van der Waals surface area contributed by atoms with Gasteiger partial charge in [0.25, 0.3) is 5.91 Å². The van der Waals surface area contributed by atoms with Crippen LogP contribution in [0, 0.1) is 11.7 Å². The first-order chi connectivity index (χ1) is 11.6. The molecule has 0 saturated carbocycles. The van der Waals surface area contributed by atoms with Crippen LogP contribution in [0.15, 0.2) is 36.5 Å². The summed E-state index contributed by atoms with van der Waals surface area (Å²) in [5, 5.41) is 3.40. The van der Waals surface area contributed by atoms with Crippen molar-refractivity contribution in [3.63, 3.8) is 0 Å². The molecular weight excluding hydrogens is 309 g/mol. The lowest BCUT2D eigenvalue weighted by atomic mass is 9.99. The van der Waals surface area contributed by atoms with E-state index in [-0.39, 0.29) is 11.5 Å². The number of benzene rings is 1. The largest absolute Gasteiger partial charge is 0.383 e. The topological polar surface area (TPSA) is 77.2 Å². The fourth-order valence-electron chi connectivity index (χ4n) is 2.80. The van der Waals surface area contributed by atoms with Gasteiger partial charge in [0.15, 0.2) is 0 Å². The van der Waals surface area contributed by atoms with Gasteiger partial charge >= 0.3 is 0 Å². The normalized spacial score (nSPS) is 15.2. The highest BCUT2D eigenvalue weighted by molar-refractivity contribution is 5.93. The number of anilines is 1. The van der Waals surface area contributed by atoms with E-state index in [1.54, 1.807) is 24.4 Å². The number of nitrogens with zero attached hydrogens (tertiary/aromatic N) is 1. The van der Waals surface area contributed by atoms with Crippen LogP contribution in [-0.2, 0) is 4.74 Å². The van der Waals surface area contributed by atoms with Crippen molar-refractivity contribution in [2.24, 2.45) is 11.7 Å². The van der Waals surface area contributed by atoms with E-state index in [9.17, 15) is 9.18 Å². The molecule has 1 aliphatic rings. The van der Waals surface area contributed by atoms with E-state index in [2.05, 4.69) is 10.3 Å². The molecule has 1 saturated heterocycles. The number of pyridine rings is 1. The Bertz CT molecular complexity index is 713. The Balaban J connectivity index is 1.86. The monoisotopic (exact) mass is 329 g/mol. The number of carbonyl (C=O) groups excluding carboxylic acids is 1. The van der Waals surface area contributed by atoms with Gasteiger partial charge in [0.2, 0.25) is 0 Å². The van der Waals surface area contributed by atoms with Crippen LogP contribution in [0.4, 0.5) is 10.1 Å². The van der Waals surface area contributed by atoms with Crippen LogP contribution in [0.3, 0.4) is 0 Å². The summed E-state index contributed by atoms with van der Waals surface area (Å²) >= 11 is 0. The first kappa shape index (κ1) is 16.4. The molecule has 0 unspecified atom stereocenters. The molecular formula is C18H20FN3O2. The Kier molecular flexibility index (Phi) is 5.05. The summed E-state index contributed by atoms with van der Waals surface area (Å²) in [6.45, 7) is 2.38. The van der Waals surface area contributed by atoms with Crippen molar-refractivity contribution in [3.05, 3.63) is 48.0 Å². The maximum absolute atomic E-state index is 13.2. The zero-order valence-corrected chi connectivity index (χ0v) is 13.3. The minimum atomic E-state index is -0.589. The number of primary amides is 1. The van der Waals surface area contributed by atoms with E-state index in [0.29, 0.717) is 5.92 Å². The van der Waals surface area contributed by atoms with Gasteiger partial charge in [-0.3, -0.25) is 4.79 Å². The van der Waals surface area contributed by atoms with Gasteiger partial charge in [0.1, 0.15) is 11.5 Å². The van der Waals surface area contributed by atoms with Gasteiger partial charge in [-0.1, -0.05) is 12.1 Å². The molecule has 1 aromatic carbocycles. The molecule has 1 amide bonds. The van der Waals surface area contributed by atoms with Crippen LogP contribution in [0.1, 0.15) is 23.3 Å². The fourth-order valence-corrected chi connectivity index (χ4v) is 2.80. The van der Waals surface area contributed by atoms with E-state index >= 15 is 0 Å². The first-order valence-electron chi connectivity index (χ1n) is 8.01. The minimum absolute atomic E-state index is 0.186. The van der Waals surface area contributed by atoms with Crippen LogP contribution in [-0.4, -0.2) is 30.6 Å². The number of rotatable bonds is 5. The SMILES string of the molecule is NC(=O)c1cc(-c2ccc(F)cc2)c(NCC2CCOCC2)cn1. The van der Waals surface area contributed by atoms with Gasteiger partial charge in [-0.2, -0.15) is 0 Å². The molecule has 0 bridgehead atoms. The second-order valence-corrected chi connectivity index (χ2v) is 5.92. The molecule has 2 heterocycles. The summed E-state index contributed by atoms with van der Waals surface area (Å²) in [6.07, 6.45) is 3.65. The first-order valence-corrected chi connectivity index (χ1v) is 8.01. The summed E-state index contributed by atoms with van der Waals surface area (Å²) < 4.78 is 18.6. The summed E-state index contributed by atoms with van der Waals surface area (Å²) in [6, 6.07) is 7.77. The third kappa shape index (κ3) is 3.89. The molecule has 0 aliphatic carbocycles. The van der Waals surface area contributed by atoms with Gasteiger partial charge in [-0.15, -0.1) is 0 Å². The quantitative estimate of drug-likeness (QED) is 0.884. The maximum atomic E-state index is 13.2. The van der Waals surface area contributed by atoms with Crippen molar-refractivity contribution in [1.82, 2.24) is 4.98 Å². The molecule has 1 aliphatic heterocycles. The molecule has 24 heavy (non-hydrogen) atoms. The predicted octanol–water partition coefficient (Wildman–Crippen LogP) is 2.83. The second kappa shape index (κ2) is 7.40. The van der Waals surface area contributed by atoms with E-state index in [0.717, 1.165) is 49.4 Å². The average molecular weight is 329 g/mol. The third-order valence-corrected chi connectivity index (χ3v) is 4.23. The Hall–Kier alpha value is -2.47. The Morgan fingerprint density at radius 1 is 1.29 bits per heavy atom. The molecule has 1 aromatic heterocycles. The van der Waals surface area contributed by atoms with Gasteiger partial charge in [0.05, 0.1) is 11.9 Å². The summed E-state index contributed by atoms with van der Waals surface area (Å²) in [4.78, 5) is 15.5. The number of hydrogen-bond acceptors (Lipinski definition) is 4. The van der Waals surface area contributed by atoms with E-state index in [1.165, 1.54) is 12.1 Å². The molecule has 6 heteroatoms. The van der Waals surface area contributed by atoms with Crippen molar-refractivity contribution in [1.29, 1.82) is 0 Å². The third-order valence-electron chi connectivity index (χ3n) is 4.23. The number of halogens is 1. The van der Waals surface area contributed by atoms with Gasteiger partial charge in [-0.05, 0) is 42.5 Å². The number of nitrogens with one attached hydrogen (secondary N) is 1. The number of amides is 1. The molecule has 0 spiro atoms. The number of carbonyl (C=O) groups is 1. The summed E-state index contributed by atoms with van der Waals surface area (Å²) in [5.41, 5.74) is 7.90. The Labute approximate surface area is 140 Å². The van der Waals surface area contributed by atoms with Gasteiger partial charge in [0, 0.05) is 25.3 Å². The van der Waals surface area contributed by atoms with Crippen molar-refractivity contribution in [2.75, 3.05) is 25.1 Å². The molecule has 1 fully saturated rings. The van der Waals surface area contributed by atoms with E-state index < -0.39 is 5.91 Å². The van der Waals surface area contributed by atoms with Crippen LogP contribution < -0.4 is 11.1 Å². The molecule has 0 atom stereocenters. The van der Waals surface area contributed by atoms with Crippen molar-refractivity contribution in [3.8, 4) is 11.1 Å². The zero-order valence-electron chi connectivity index (χ0n) is 13.3. The van der Waals surface area contributed by atoms with Crippen LogP contribution in [0.25, 0.3) is 11.1 Å². The fraction of sp³-hybridized carbons (Fsp3) is 0.333. The average Bonchev–Trinajstić information content (AvgIpc) is 2.61. The zero-order chi connectivity index (χ0) is 16.9. The predicted molar refractivity (Wildman–Crippen MR) is 90.2 cm³/mol. The smallest absolute Gasteiger partial charge is 0.267 e. The standard InChI is InChI=1S/C18H20FN3O2/c19-14-3-1-13(2-4-14)15-9-16(18(20)23)22-11-17(15)21-10-12-5-7-24-8-6-12/h1-4,9,11-12,21H,5-8,10H2,(H2,20,23). The van der Waals surface area contributed by atoms with E-state index in [1.807, 2.05) is 0 Å². The Morgan fingerprint density at radius 3 is 2.67 bits per heavy atom. The Morgan fingerprint density at radius 2 is 2.00 bits per heavy atom. The molecule has 0 radical (unpaired) electrons. The molecule has 126 valence electrons. The summed E-state index contributed by atoms with van der Waals surface area (Å²) in [5.74, 6) is -0.357. The lowest BCUT2D eigenvalue weighted by molar-refractivity contribution is 0.0699. The number of ether oxygens (including phenoxy) is 1. The highest BCUT2D eigenvalue weighted by atomic mass is 19.1. The van der Waals surface area contributed by atoms with Gasteiger partial charge in [-0.25, -0.2) is 9.37 Å². The van der Waals surface area contributed by atoms with Crippen molar-refractivity contribution < 1.29 is 13.9 Å². The van der Waals surface area contributed by atoms with Crippen molar-refractivity contribution >= 4 is 11.6 Å². The van der Waals surface area contributed by atoms with Crippen LogP contribution in [0.5, 0.6) is 0 Å². The van der Waals surface area contributed by atoms with E-state index in [4.69, 9.17) is 10.5 Å². The maximum Gasteiger partial charge on any atom is 0.267 e. The molecule has 3 rings (SSSR count). The van der Waals surface area contributed by atoms with Crippen molar-refractivity contribution in [2.45, 2.75) is 12.8 Å². The molecule has 3 N–H and O–H groups in total. The second-order valence-electron chi connectivity index (χ2n) is 5.92. The highest BCUT2D eigenvalue weighted by Gasteiger charge is 2.15. The number of nitrogens with two attached hydrogens (primary N) is 1. The molecule has 5 nitrogen and oxygen atoms in total. The number of hydrogen-bond donors (Lipinski definition) is 2. The van der Waals surface area contributed by atoms with Crippen LogP contribution in [0.2, 0.25) is 0 Å².